The summed E-state index contributed by atoms with van der Waals surface area (Å²) in [6.07, 6.45) is -4.63. The van der Waals surface area contributed by atoms with E-state index >= 15 is 0 Å². The maximum Gasteiger partial charge on any atom is 0.416 e. The Kier molecular flexibility index (Phi) is 6.02. The Balaban J connectivity index is 3.07. The number of aliphatic imine (C=N–C) groups is 1. The lowest BCUT2D eigenvalue weighted by molar-refractivity contribution is -0.169. The van der Waals surface area contributed by atoms with E-state index in [1.807, 2.05) is 0 Å². The van der Waals surface area contributed by atoms with Gasteiger partial charge in [-0.25, -0.2) is 10.1 Å². The number of amides is 1. The van der Waals surface area contributed by atoms with Crippen LogP contribution in [0, 0.1) is 0 Å². The standard InChI is InChI=1S/C13H13F3N2O2S/c1-18(20-2)12(19)7-11(17-8-21)9-4-3-5-10(6-9)13(14,15)16/h3-6,11H,7H2,1-2H3. The molecule has 1 unspecified atom stereocenters. The van der Waals surface area contributed by atoms with Gasteiger partial charge in [-0.15, -0.1) is 0 Å². The molecule has 0 fully saturated rings. The van der Waals surface area contributed by atoms with Crippen molar-refractivity contribution in [2.45, 2.75) is 18.6 Å². The molecule has 0 bridgehead atoms. The summed E-state index contributed by atoms with van der Waals surface area (Å²) in [5.41, 5.74) is -0.572. The number of alkyl halides is 3. The Morgan fingerprint density at radius 1 is 1.52 bits per heavy atom. The number of hydroxylamine groups is 2. The first-order valence-corrected chi connectivity index (χ1v) is 6.25. The van der Waals surface area contributed by atoms with Crippen LogP contribution in [0.5, 0.6) is 0 Å². The fraction of sp³-hybridized carbons (Fsp3) is 0.385. The van der Waals surface area contributed by atoms with Gasteiger partial charge in [0.05, 0.1) is 30.3 Å². The van der Waals surface area contributed by atoms with Crippen LogP contribution in [-0.2, 0) is 15.8 Å². The quantitative estimate of drug-likeness (QED) is 0.475. The fourth-order valence-corrected chi connectivity index (χ4v) is 1.75. The average Bonchev–Trinajstić information content (AvgIpc) is 2.45. The number of rotatable bonds is 5. The van der Waals surface area contributed by atoms with Gasteiger partial charge >= 0.3 is 6.18 Å². The van der Waals surface area contributed by atoms with E-state index in [1.54, 1.807) is 0 Å². The molecule has 0 aromatic heterocycles. The number of thiocarbonyl (C=S) groups is 1. The molecular weight excluding hydrogens is 305 g/mol. The third-order valence-corrected chi connectivity index (χ3v) is 2.91. The van der Waals surface area contributed by atoms with E-state index < -0.39 is 23.7 Å². The van der Waals surface area contributed by atoms with Crippen LogP contribution < -0.4 is 0 Å². The van der Waals surface area contributed by atoms with E-state index in [2.05, 4.69) is 22.4 Å². The zero-order valence-electron chi connectivity index (χ0n) is 11.3. The van der Waals surface area contributed by atoms with E-state index in [-0.39, 0.29) is 12.0 Å². The zero-order valence-corrected chi connectivity index (χ0v) is 12.2. The lowest BCUT2D eigenvalue weighted by Gasteiger charge is -2.17. The third-order valence-electron chi connectivity index (χ3n) is 2.80. The average molecular weight is 318 g/mol. The van der Waals surface area contributed by atoms with Crippen molar-refractivity contribution in [3.8, 4) is 0 Å². The maximum atomic E-state index is 12.7. The monoisotopic (exact) mass is 318 g/mol. The van der Waals surface area contributed by atoms with Crippen molar-refractivity contribution in [3.05, 3.63) is 35.4 Å². The van der Waals surface area contributed by atoms with E-state index in [1.165, 1.54) is 26.3 Å². The third kappa shape index (κ3) is 4.93. The van der Waals surface area contributed by atoms with Crippen LogP contribution in [0.4, 0.5) is 13.2 Å². The van der Waals surface area contributed by atoms with Crippen LogP contribution in [-0.4, -0.2) is 30.3 Å². The van der Waals surface area contributed by atoms with E-state index in [4.69, 9.17) is 4.84 Å². The van der Waals surface area contributed by atoms with Gasteiger partial charge in [-0.05, 0) is 29.9 Å². The number of nitrogens with zero attached hydrogens (tertiary/aromatic N) is 2. The van der Waals surface area contributed by atoms with Crippen molar-refractivity contribution in [1.82, 2.24) is 5.06 Å². The SMILES string of the molecule is CON(C)C(=O)CC(N=C=S)c1cccc(C(F)(F)F)c1. The summed E-state index contributed by atoms with van der Waals surface area (Å²) in [5, 5.41) is 3.07. The van der Waals surface area contributed by atoms with E-state index in [0.29, 0.717) is 0 Å². The van der Waals surface area contributed by atoms with Gasteiger partial charge in [0, 0.05) is 7.05 Å². The summed E-state index contributed by atoms with van der Waals surface area (Å²) in [5.74, 6) is -0.436. The number of isothiocyanates is 1. The van der Waals surface area contributed by atoms with Gasteiger partial charge in [0.25, 0.3) is 0 Å². The summed E-state index contributed by atoms with van der Waals surface area (Å²) in [6.45, 7) is 0. The van der Waals surface area contributed by atoms with Crippen LogP contribution in [0.1, 0.15) is 23.6 Å². The Morgan fingerprint density at radius 3 is 2.71 bits per heavy atom. The molecule has 0 N–H and O–H groups in total. The molecule has 1 aromatic carbocycles. The van der Waals surface area contributed by atoms with Crippen molar-refractivity contribution in [2.24, 2.45) is 4.99 Å². The molecule has 1 rings (SSSR count). The highest BCUT2D eigenvalue weighted by molar-refractivity contribution is 7.78. The Hall–Kier alpha value is -1.76. The molecule has 21 heavy (non-hydrogen) atoms. The minimum Gasteiger partial charge on any atom is -0.275 e. The van der Waals surface area contributed by atoms with Crippen LogP contribution in [0.25, 0.3) is 0 Å². The molecular formula is C13H13F3N2O2S. The molecule has 1 amide bonds. The minimum absolute atomic E-state index is 0.171. The molecule has 0 radical (unpaired) electrons. The van der Waals surface area contributed by atoms with Crippen molar-refractivity contribution < 1.29 is 22.8 Å². The summed E-state index contributed by atoms with van der Waals surface area (Å²) in [4.78, 5) is 20.3. The zero-order chi connectivity index (χ0) is 16.0. The van der Waals surface area contributed by atoms with Crippen LogP contribution in [0.15, 0.2) is 29.3 Å². The van der Waals surface area contributed by atoms with Crippen molar-refractivity contribution >= 4 is 23.3 Å². The predicted octanol–water partition coefficient (Wildman–Crippen LogP) is 3.26. The van der Waals surface area contributed by atoms with Crippen LogP contribution in [0.2, 0.25) is 0 Å². The summed E-state index contributed by atoms with van der Waals surface area (Å²) in [6, 6.07) is 3.77. The minimum atomic E-state index is -4.46. The number of halogens is 3. The summed E-state index contributed by atoms with van der Waals surface area (Å²) < 4.78 is 38.1. The lowest BCUT2D eigenvalue weighted by atomic mass is 10.0. The molecule has 0 aliphatic rings. The highest BCUT2D eigenvalue weighted by Crippen LogP contribution is 2.32. The van der Waals surface area contributed by atoms with Gasteiger partial charge in [0.15, 0.2) is 0 Å². The van der Waals surface area contributed by atoms with E-state index in [9.17, 15) is 18.0 Å². The molecule has 0 heterocycles. The summed E-state index contributed by atoms with van der Waals surface area (Å²) in [7, 11) is 2.70. The molecule has 1 atom stereocenters. The predicted molar refractivity (Wildman–Crippen MR) is 73.6 cm³/mol. The fourth-order valence-electron chi connectivity index (χ4n) is 1.62. The number of carbonyl (C=O) groups is 1. The van der Waals surface area contributed by atoms with Crippen molar-refractivity contribution in [2.75, 3.05) is 14.2 Å². The Labute approximate surface area is 125 Å². The van der Waals surface area contributed by atoms with Crippen LogP contribution in [0.3, 0.4) is 0 Å². The number of hydrogen-bond donors (Lipinski definition) is 0. The molecule has 0 aliphatic carbocycles. The molecule has 114 valence electrons. The molecule has 0 saturated heterocycles. The second-order valence-electron chi connectivity index (χ2n) is 4.14. The van der Waals surface area contributed by atoms with Gasteiger partial charge in [-0.1, -0.05) is 12.1 Å². The maximum absolute atomic E-state index is 12.7. The van der Waals surface area contributed by atoms with Gasteiger partial charge in [-0.3, -0.25) is 9.63 Å². The lowest BCUT2D eigenvalue weighted by Crippen LogP contribution is -2.26. The molecule has 0 aliphatic heterocycles. The van der Waals surface area contributed by atoms with Gasteiger partial charge < -0.3 is 0 Å². The van der Waals surface area contributed by atoms with E-state index in [0.717, 1.165) is 17.2 Å². The van der Waals surface area contributed by atoms with Gasteiger partial charge in [0.1, 0.15) is 0 Å². The topological polar surface area (TPSA) is 41.9 Å². The highest BCUT2D eigenvalue weighted by Gasteiger charge is 2.31. The summed E-state index contributed by atoms with van der Waals surface area (Å²) >= 11 is 4.49. The first-order chi connectivity index (χ1) is 9.79. The largest absolute Gasteiger partial charge is 0.416 e. The second-order valence-corrected chi connectivity index (χ2v) is 4.32. The smallest absolute Gasteiger partial charge is 0.275 e. The molecule has 4 nitrogen and oxygen atoms in total. The Morgan fingerprint density at radius 2 is 2.19 bits per heavy atom. The second kappa shape index (κ2) is 7.31. The normalized spacial score (nSPS) is 12.4. The molecule has 8 heteroatoms. The molecule has 1 aromatic rings. The Bertz CT molecular complexity index is 557. The number of carbonyl (C=O) groups excluding carboxylic acids is 1. The van der Waals surface area contributed by atoms with Crippen LogP contribution >= 0.6 is 12.2 Å². The first kappa shape index (κ1) is 17.3. The van der Waals surface area contributed by atoms with Crippen molar-refractivity contribution in [3.63, 3.8) is 0 Å². The first-order valence-electron chi connectivity index (χ1n) is 5.84. The van der Waals surface area contributed by atoms with Crippen molar-refractivity contribution in [1.29, 1.82) is 0 Å². The van der Waals surface area contributed by atoms with Gasteiger partial charge in [0.2, 0.25) is 5.91 Å². The van der Waals surface area contributed by atoms with Gasteiger partial charge in [-0.2, -0.15) is 13.2 Å². The highest BCUT2D eigenvalue weighted by atomic mass is 32.1. The molecule has 0 saturated carbocycles. The number of benzene rings is 1. The number of hydrogen-bond acceptors (Lipinski definition) is 4. The molecule has 0 spiro atoms.